The van der Waals surface area contributed by atoms with Crippen molar-refractivity contribution in [1.29, 1.82) is 0 Å². The van der Waals surface area contributed by atoms with E-state index in [4.69, 9.17) is 9.47 Å². The molecule has 0 aromatic heterocycles. The molecule has 43 heavy (non-hydrogen) atoms. The third-order valence-electron chi connectivity index (χ3n) is 12.4. The first-order valence-electron chi connectivity index (χ1n) is 16.2. The molecule has 9 atom stereocenters. The van der Waals surface area contributed by atoms with Crippen molar-refractivity contribution in [1.82, 2.24) is 4.90 Å². The Hall–Kier alpha value is -3.22. The van der Waals surface area contributed by atoms with Crippen molar-refractivity contribution >= 4 is 23.8 Å². The maximum absolute atomic E-state index is 14.1. The minimum absolute atomic E-state index is 0.0327. The van der Waals surface area contributed by atoms with E-state index < -0.39 is 11.8 Å². The van der Waals surface area contributed by atoms with Crippen molar-refractivity contribution in [2.24, 2.45) is 46.3 Å². The molecule has 1 aliphatic heterocycles. The van der Waals surface area contributed by atoms with Gasteiger partial charge in [0.05, 0.1) is 18.4 Å². The molecule has 7 rings (SSSR count). The Morgan fingerprint density at radius 3 is 2.37 bits per heavy atom. The average molecular weight is 586 g/mol. The number of fused-ring (bicyclic) bond motifs is 9. The van der Waals surface area contributed by atoms with Gasteiger partial charge in [-0.05, 0) is 84.2 Å². The zero-order valence-electron chi connectivity index (χ0n) is 25.8. The summed E-state index contributed by atoms with van der Waals surface area (Å²) in [7, 11) is 0. The first-order chi connectivity index (χ1) is 20.5. The summed E-state index contributed by atoms with van der Waals surface area (Å²) in [5.41, 5.74) is 3.43. The fourth-order valence-electron chi connectivity index (χ4n) is 10.7. The molecule has 0 radical (unpaired) electrons. The standard InChI is InChI=1S/C36H43NO6/c1-20(38)42-24-12-14-35(3)23(16-24)10-11-25-28(35)13-15-36(4)29(25)17-26-31-27(18-30(32(26)36)43-21(2)39)33(40)37(34(31)41)19-22-8-6-5-7-9-22/h5-10,24-29,31H,11-19H2,1-4H3/t24?,25?,26?,27?,28?,29?,31?,35-,36-/m1/s1. The van der Waals surface area contributed by atoms with E-state index in [0.717, 1.165) is 56.1 Å². The highest BCUT2D eigenvalue weighted by molar-refractivity contribution is 6.05. The number of benzene rings is 1. The van der Waals surface area contributed by atoms with Crippen LogP contribution in [0.2, 0.25) is 0 Å². The lowest BCUT2D eigenvalue weighted by Gasteiger charge is -2.57. The lowest BCUT2D eigenvalue weighted by molar-refractivity contribution is -0.148. The number of amides is 2. The first kappa shape index (κ1) is 28.5. The Labute approximate surface area is 254 Å². The quantitative estimate of drug-likeness (QED) is 0.240. The number of ether oxygens (including phenoxy) is 2. The van der Waals surface area contributed by atoms with Crippen LogP contribution in [0.1, 0.15) is 84.6 Å². The molecule has 0 spiro atoms. The molecule has 2 amide bonds. The number of carbonyl (C=O) groups is 4. The van der Waals surface area contributed by atoms with Gasteiger partial charge in [0, 0.05) is 26.7 Å². The number of allylic oxidation sites excluding steroid dienone is 3. The largest absolute Gasteiger partial charge is 0.462 e. The van der Waals surface area contributed by atoms with E-state index in [9.17, 15) is 19.2 Å². The molecule has 3 saturated carbocycles. The van der Waals surface area contributed by atoms with Gasteiger partial charge in [-0.3, -0.25) is 24.1 Å². The number of hydrogen-bond donors (Lipinski definition) is 0. The van der Waals surface area contributed by atoms with Crippen molar-refractivity contribution in [3.63, 3.8) is 0 Å². The molecule has 7 heteroatoms. The summed E-state index contributed by atoms with van der Waals surface area (Å²) in [6, 6.07) is 9.69. The van der Waals surface area contributed by atoms with E-state index in [1.165, 1.54) is 24.3 Å². The Morgan fingerprint density at radius 1 is 0.907 bits per heavy atom. The predicted molar refractivity (Wildman–Crippen MR) is 159 cm³/mol. The number of carbonyl (C=O) groups excluding carboxylic acids is 4. The maximum Gasteiger partial charge on any atom is 0.307 e. The van der Waals surface area contributed by atoms with Crippen LogP contribution >= 0.6 is 0 Å². The zero-order valence-corrected chi connectivity index (χ0v) is 25.8. The number of esters is 2. The van der Waals surface area contributed by atoms with Crippen LogP contribution in [0.15, 0.2) is 53.3 Å². The highest BCUT2D eigenvalue weighted by Gasteiger charge is 2.66. The van der Waals surface area contributed by atoms with Gasteiger partial charge in [0.2, 0.25) is 11.8 Å². The van der Waals surface area contributed by atoms with Crippen molar-refractivity contribution in [3.05, 3.63) is 58.9 Å². The number of nitrogens with zero attached hydrogens (tertiary/aromatic N) is 1. The first-order valence-corrected chi connectivity index (χ1v) is 16.2. The van der Waals surface area contributed by atoms with Gasteiger partial charge < -0.3 is 9.47 Å². The summed E-state index contributed by atoms with van der Waals surface area (Å²) < 4.78 is 11.6. The lowest BCUT2D eigenvalue weighted by Crippen LogP contribution is -2.50. The van der Waals surface area contributed by atoms with Crippen LogP contribution in [0.4, 0.5) is 0 Å². The molecule has 1 heterocycles. The fraction of sp³-hybridized carbons (Fsp3) is 0.611. The van der Waals surface area contributed by atoms with E-state index in [1.807, 2.05) is 30.3 Å². The second-order valence-corrected chi connectivity index (χ2v) is 14.5. The minimum Gasteiger partial charge on any atom is -0.462 e. The monoisotopic (exact) mass is 585 g/mol. The molecule has 0 bridgehead atoms. The highest BCUT2D eigenvalue weighted by atomic mass is 16.5. The Kier molecular flexibility index (Phi) is 6.75. The molecule has 1 aromatic rings. The van der Waals surface area contributed by atoms with Crippen LogP contribution in [0.3, 0.4) is 0 Å². The molecule has 228 valence electrons. The van der Waals surface area contributed by atoms with Gasteiger partial charge in [-0.2, -0.15) is 0 Å². The van der Waals surface area contributed by atoms with Gasteiger partial charge >= 0.3 is 11.9 Å². The topological polar surface area (TPSA) is 90.0 Å². The summed E-state index contributed by atoms with van der Waals surface area (Å²) >= 11 is 0. The Bertz CT molecular complexity index is 1440. The predicted octanol–water partition coefficient (Wildman–Crippen LogP) is 6.13. The van der Waals surface area contributed by atoms with E-state index in [1.54, 1.807) is 0 Å². The Morgan fingerprint density at radius 2 is 1.65 bits per heavy atom. The smallest absolute Gasteiger partial charge is 0.307 e. The van der Waals surface area contributed by atoms with Gasteiger partial charge in [0.15, 0.2) is 0 Å². The highest BCUT2D eigenvalue weighted by Crippen LogP contribution is 2.70. The van der Waals surface area contributed by atoms with Crippen molar-refractivity contribution in [2.45, 2.75) is 91.7 Å². The van der Waals surface area contributed by atoms with E-state index >= 15 is 0 Å². The summed E-state index contributed by atoms with van der Waals surface area (Å²) in [6.45, 7) is 7.97. The van der Waals surface area contributed by atoms with Crippen molar-refractivity contribution < 1.29 is 28.7 Å². The maximum atomic E-state index is 14.1. The summed E-state index contributed by atoms with van der Waals surface area (Å²) in [5.74, 6) is 0.258. The van der Waals surface area contributed by atoms with Crippen LogP contribution in [-0.4, -0.2) is 34.8 Å². The second kappa shape index (κ2) is 10.2. The molecular formula is C36H43NO6. The van der Waals surface area contributed by atoms with Crippen LogP contribution in [0.25, 0.3) is 0 Å². The zero-order chi connectivity index (χ0) is 30.3. The average Bonchev–Trinajstić information content (AvgIpc) is 3.40. The molecule has 1 saturated heterocycles. The molecule has 7 unspecified atom stereocenters. The van der Waals surface area contributed by atoms with Crippen LogP contribution in [-0.2, 0) is 35.2 Å². The van der Waals surface area contributed by atoms with Gasteiger partial charge in [-0.25, -0.2) is 0 Å². The summed E-state index contributed by atoms with van der Waals surface area (Å²) in [6.07, 6.45) is 9.34. The summed E-state index contributed by atoms with van der Waals surface area (Å²) in [5, 5.41) is 0. The molecule has 1 aromatic carbocycles. The normalized spacial score (nSPS) is 39.7. The molecular weight excluding hydrogens is 542 g/mol. The van der Waals surface area contributed by atoms with E-state index in [-0.39, 0.29) is 53.1 Å². The van der Waals surface area contributed by atoms with Crippen molar-refractivity contribution in [2.75, 3.05) is 0 Å². The Balaban J connectivity index is 1.22. The van der Waals surface area contributed by atoms with Gasteiger partial charge in [-0.15, -0.1) is 0 Å². The van der Waals surface area contributed by atoms with E-state index in [2.05, 4.69) is 19.9 Å². The molecule has 5 aliphatic carbocycles. The third-order valence-corrected chi connectivity index (χ3v) is 12.4. The van der Waals surface area contributed by atoms with Gasteiger partial charge in [0.25, 0.3) is 0 Å². The third kappa shape index (κ3) is 4.35. The molecule has 7 nitrogen and oxygen atoms in total. The number of likely N-dealkylation sites (tertiary alicyclic amines) is 1. The molecule has 0 N–H and O–H groups in total. The second-order valence-electron chi connectivity index (χ2n) is 14.5. The van der Waals surface area contributed by atoms with Gasteiger partial charge in [0.1, 0.15) is 11.9 Å². The number of hydrogen-bond acceptors (Lipinski definition) is 6. The molecule has 6 aliphatic rings. The van der Waals surface area contributed by atoms with Crippen LogP contribution < -0.4 is 0 Å². The SMILES string of the molecule is CC(=O)OC1=C2C(CC3C4CC=C5CC(OC(C)=O)CC[C@@]5(C)C4CC[C@@]23C)C2C(=O)N(Cc3ccccc3)C(=O)C2C1. The van der Waals surface area contributed by atoms with Crippen molar-refractivity contribution in [3.8, 4) is 0 Å². The number of imide groups is 1. The summed E-state index contributed by atoms with van der Waals surface area (Å²) in [4.78, 5) is 53.4. The van der Waals surface area contributed by atoms with Crippen LogP contribution in [0.5, 0.6) is 0 Å². The van der Waals surface area contributed by atoms with Crippen LogP contribution in [0, 0.1) is 46.3 Å². The molecule has 4 fully saturated rings. The van der Waals surface area contributed by atoms with Gasteiger partial charge in [-0.1, -0.05) is 55.8 Å². The fourth-order valence-corrected chi connectivity index (χ4v) is 10.7. The number of rotatable bonds is 4. The minimum atomic E-state index is -0.481. The lowest BCUT2D eigenvalue weighted by atomic mass is 9.47. The van der Waals surface area contributed by atoms with E-state index in [0.29, 0.717) is 29.9 Å².